The van der Waals surface area contributed by atoms with Gasteiger partial charge in [-0.05, 0) is 62.3 Å². The predicted octanol–water partition coefficient (Wildman–Crippen LogP) is 2.47. The molecule has 8 nitrogen and oxygen atoms in total. The third-order valence-electron chi connectivity index (χ3n) is 6.64. The van der Waals surface area contributed by atoms with Crippen molar-refractivity contribution >= 4 is 27.6 Å². The number of anilines is 2. The van der Waals surface area contributed by atoms with Gasteiger partial charge in [0.05, 0.1) is 17.0 Å². The monoisotopic (exact) mass is 455 g/mol. The quantitative estimate of drug-likeness (QED) is 0.704. The smallest absolute Gasteiger partial charge is 0.255 e. The van der Waals surface area contributed by atoms with E-state index in [1.54, 1.807) is 19.1 Å². The van der Waals surface area contributed by atoms with E-state index >= 15 is 0 Å². The zero-order valence-electron chi connectivity index (χ0n) is 18.6. The molecule has 0 N–H and O–H groups in total. The molecule has 1 amide bonds. The summed E-state index contributed by atoms with van der Waals surface area (Å²) in [5.74, 6) is 2.20. The summed E-state index contributed by atoms with van der Waals surface area (Å²) in [4.78, 5) is 26.4. The number of hydrogen-bond acceptors (Lipinski definition) is 6. The number of rotatable bonds is 4. The van der Waals surface area contributed by atoms with Crippen LogP contribution in [-0.2, 0) is 10.0 Å². The first kappa shape index (κ1) is 21.2. The molecule has 5 rings (SSSR count). The molecule has 3 aliphatic rings. The SMILES string of the molecule is Cc1cc(C2CC2)cnc1N1CCN(C(=O)c2ccc(N3CCCS3(=O)=O)nc2C)CC1. The van der Waals surface area contributed by atoms with Crippen LogP contribution in [0.4, 0.5) is 11.6 Å². The normalized spacial score (nSPS) is 20.6. The summed E-state index contributed by atoms with van der Waals surface area (Å²) in [6, 6.07) is 5.62. The number of hydrogen-bond donors (Lipinski definition) is 0. The van der Waals surface area contributed by atoms with E-state index in [0.29, 0.717) is 49.0 Å². The summed E-state index contributed by atoms with van der Waals surface area (Å²) in [7, 11) is -3.29. The first-order valence-corrected chi connectivity index (χ1v) is 12.9. The second-order valence-corrected chi connectivity index (χ2v) is 11.0. The van der Waals surface area contributed by atoms with Crippen molar-refractivity contribution in [1.82, 2.24) is 14.9 Å². The Morgan fingerprint density at radius 2 is 1.81 bits per heavy atom. The summed E-state index contributed by atoms with van der Waals surface area (Å²) in [6.45, 7) is 7.03. The van der Waals surface area contributed by atoms with Gasteiger partial charge in [0.15, 0.2) is 0 Å². The molecule has 1 saturated carbocycles. The van der Waals surface area contributed by atoms with Crippen LogP contribution in [0.5, 0.6) is 0 Å². The highest BCUT2D eigenvalue weighted by Gasteiger charge is 2.31. The largest absolute Gasteiger partial charge is 0.353 e. The van der Waals surface area contributed by atoms with Crippen LogP contribution >= 0.6 is 0 Å². The minimum absolute atomic E-state index is 0.0563. The molecule has 0 atom stereocenters. The number of sulfonamides is 1. The fourth-order valence-electron chi connectivity index (χ4n) is 4.66. The van der Waals surface area contributed by atoms with Crippen molar-refractivity contribution < 1.29 is 13.2 Å². The van der Waals surface area contributed by atoms with Gasteiger partial charge >= 0.3 is 0 Å². The third-order valence-corrected chi connectivity index (χ3v) is 8.49. The molecule has 0 aromatic carbocycles. The average molecular weight is 456 g/mol. The van der Waals surface area contributed by atoms with E-state index < -0.39 is 10.0 Å². The van der Waals surface area contributed by atoms with Gasteiger partial charge in [0.1, 0.15) is 11.6 Å². The van der Waals surface area contributed by atoms with Crippen LogP contribution in [0.2, 0.25) is 0 Å². The molecule has 4 heterocycles. The Kier molecular flexibility index (Phi) is 5.31. The zero-order valence-corrected chi connectivity index (χ0v) is 19.4. The zero-order chi connectivity index (χ0) is 22.5. The van der Waals surface area contributed by atoms with Gasteiger partial charge in [-0.25, -0.2) is 18.4 Å². The van der Waals surface area contributed by atoms with E-state index in [2.05, 4.69) is 22.9 Å². The molecule has 0 radical (unpaired) electrons. The summed E-state index contributed by atoms with van der Waals surface area (Å²) in [6.07, 6.45) is 5.15. The predicted molar refractivity (Wildman–Crippen MR) is 124 cm³/mol. The van der Waals surface area contributed by atoms with Gasteiger partial charge in [-0.1, -0.05) is 6.07 Å². The molecule has 2 aromatic heterocycles. The third kappa shape index (κ3) is 3.94. The van der Waals surface area contributed by atoms with Crippen LogP contribution in [0.25, 0.3) is 0 Å². The molecule has 170 valence electrons. The van der Waals surface area contributed by atoms with E-state index in [4.69, 9.17) is 4.98 Å². The van der Waals surface area contributed by atoms with Crippen molar-refractivity contribution in [2.24, 2.45) is 0 Å². The highest BCUT2D eigenvalue weighted by Crippen LogP contribution is 2.40. The number of carbonyl (C=O) groups excluding carboxylic acids is 1. The summed E-state index contributed by atoms with van der Waals surface area (Å²) in [5, 5.41) is 0. The van der Waals surface area contributed by atoms with Crippen LogP contribution in [0, 0.1) is 13.8 Å². The van der Waals surface area contributed by atoms with Gasteiger partial charge < -0.3 is 9.80 Å². The lowest BCUT2D eigenvalue weighted by Crippen LogP contribution is -2.49. The Bertz CT molecular complexity index is 1150. The van der Waals surface area contributed by atoms with Gasteiger partial charge in [0.2, 0.25) is 10.0 Å². The average Bonchev–Trinajstić information content (AvgIpc) is 3.56. The maximum atomic E-state index is 13.1. The fraction of sp³-hybridized carbons (Fsp3) is 0.522. The van der Waals surface area contributed by atoms with Crippen molar-refractivity contribution in [1.29, 1.82) is 0 Å². The highest BCUT2D eigenvalue weighted by atomic mass is 32.2. The number of aryl methyl sites for hydroxylation is 2. The van der Waals surface area contributed by atoms with Gasteiger partial charge in [-0.15, -0.1) is 0 Å². The van der Waals surface area contributed by atoms with Gasteiger partial charge in [0.25, 0.3) is 5.91 Å². The van der Waals surface area contributed by atoms with Crippen LogP contribution in [0.3, 0.4) is 0 Å². The maximum absolute atomic E-state index is 13.1. The Morgan fingerprint density at radius 1 is 1.06 bits per heavy atom. The molecular weight excluding hydrogens is 426 g/mol. The van der Waals surface area contributed by atoms with Crippen LogP contribution in [-0.4, -0.2) is 67.7 Å². The lowest BCUT2D eigenvalue weighted by atomic mass is 10.1. The Morgan fingerprint density at radius 3 is 2.41 bits per heavy atom. The Balaban J connectivity index is 1.25. The van der Waals surface area contributed by atoms with Crippen LogP contribution in [0.1, 0.15) is 52.4 Å². The second kappa shape index (κ2) is 8.03. The lowest BCUT2D eigenvalue weighted by molar-refractivity contribution is 0.0745. The number of amides is 1. The maximum Gasteiger partial charge on any atom is 0.255 e. The number of piperazine rings is 1. The highest BCUT2D eigenvalue weighted by molar-refractivity contribution is 7.93. The molecule has 0 unspecified atom stereocenters. The van der Waals surface area contributed by atoms with Crippen molar-refractivity contribution in [3.8, 4) is 0 Å². The molecular formula is C23H29N5O3S. The van der Waals surface area contributed by atoms with Crippen molar-refractivity contribution in [3.63, 3.8) is 0 Å². The summed E-state index contributed by atoms with van der Waals surface area (Å²) in [5.41, 5.74) is 3.63. The van der Waals surface area contributed by atoms with Crippen molar-refractivity contribution in [3.05, 3.63) is 46.8 Å². The van der Waals surface area contributed by atoms with E-state index in [0.717, 1.165) is 18.9 Å². The van der Waals surface area contributed by atoms with E-state index in [1.165, 1.54) is 28.3 Å². The molecule has 9 heteroatoms. The molecule has 0 bridgehead atoms. The molecule has 2 saturated heterocycles. The van der Waals surface area contributed by atoms with E-state index in [-0.39, 0.29) is 11.7 Å². The summed E-state index contributed by atoms with van der Waals surface area (Å²) < 4.78 is 25.7. The van der Waals surface area contributed by atoms with Crippen molar-refractivity contribution in [2.75, 3.05) is 47.7 Å². The Labute approximate surface area is 189 Å². The topological polar surface area (TPSA) is 86.7 Å². The molecule has 0 spiro atoms. The molecule has 2 aliphatic heterocycles. The number of aromatic nitrogens is 2. The number of carbonyl (C=O) groups is 1. The first-order valence-electron chi connectivity index (χ1n) is 11.3. The molecule has 3 fully saturated rings. The minimum Gasteiger partial charge on any atom is -0.353 e. The van der Waals surface area contributed by atoms with Gasteiger partial charge in [-0.2, -0.15) is 0 Å². The van der Waals surface area contributed by atoms with Gasteiger partial charge in [0, 0.05) is 38.9 Å². The lowest BCUT2D eigenvalue weighted by Gasteiger charge is -2.36. The molecule has 2 aromatic rings. The van der Waals surface area contributed by atoms with Crippen molar-refractivity contribution in [2.45, 2.75) is 39.0 Å². The molecule has 32 heavy (non-hydrogen) atoms. The van der Waals surface area contributed by atoms with Gasteiger partial charge in [-0.3, -0.25) is 9.10 Å². The second-order valence-electron chi connectivity index (χ2n) is 9.01. The van der Waals surface area contributed by atoms with E-state index in [9.17, 15) is 13.2 Å². The van der Waals surface area contributed by atoms with Crippen LogP contribution in [0.15, 0.2) is 24.4 Å². The Hall–Kier alpha value is -2.68. The van der Waals surface area contributed by atoms with E-state index in [1.807, 2.05) is 11.1 Å². The molecule has 1 aliphatic carbocycles. The number of pyridine rings is 2. The fourth-order valence-corrected chi connectivity index (χ4v) is 6.17. The first-order chi connectivity index (χ1) is 15.3. The standard InChI is InChI=1S/C23H29N5O3S/c1-16-14-19(18-4-5-18)15-24-22(16)26-9-11-27(12-10-26)23(29)20-6-7-21(25-17(20)2)28-8-3-13-32(28,30)31/h6-7,14-15,18H,3-5,8-13H2,1-2H3. The minimum atomic E-state index is -3.29. The summed E-state index contributed by atoms with van der Waals surface area (Å²) >= 11 is 0. The number of nitrogens with zero attached hydrogens (tertiary/aromatic N) is 5. The van der Waals surface area contributed by atoms with Crippen LogP contribution < -0.4 is 9.21 Å².